The van der Waals surface area contributed by atoms with Crippen LogP contribution in [0.4, 0.5) is 0 Å². The van der Waals surface area contributed by atoms with Crippen LogP contribution in [0.2, 0.25) is 0 Å². The third-order valence-electron chi connectivity index (χ3n) is 4.52. The Hall–Kier alpha value is -3.04. The molecular weight excluding hydrogens is 308 g/mol. The zero-order chi connectivity index (χ0) is 17.1. The van der Waals surface area contributed by atoms with Gasteiger partial charge in [-0.05, 0) is 35.4 Å². The molecule has 0 fully saturated rings. The number of nitrogens with one attached hydrogen (secondary N) is 2. The third-order valence-corrected chi connectivity index (χ3v) is 4.52. The van der Waals surface area contributed by atoms with Crippen molar-refractivity contribution in [3.63, 3.8) is 0 Å². The maximum Gasteiger partial charge on any atom is 0.119 e. The summed E-state index contributed by atoms with van der Waals surface area (Å²) < 4.78 is 0. The van der Waals surface area contributed by atoms with E-state index in [0.29, 0.717) is 0 Å². The van der Waals surface area contributed by atoms with Crippen LogP contribution in [-0.4, -0.2) is 15.1 Å². The molecule has 3 heteroatoms. The zero-order valence-corrected chi connectivity index (χ0v) is 13.8. The molecule has 0 saturated carbocycles. The predicted octanol–water partition coefficient (Wildman–Crippen LogP) is 4.60. The van der Waals surface area contributed by atoms with Gasteiger partial charge in [0.1, 0.15) is 6.10 Å². The van der Waals surface area contributed by atoms with Gasteiger partial charge in [0, 0.05) is 23.3 Å². The molecule has 2 heterocycles. The van der Waals surface area contributed by atoms with Crippen molar-refractivity contribution in [1.82, 2.24) is 9.97 Å². The van der Waals surface area contributed by atoms with Crippen molar-refractivity contribution < 1.29 is 5.11 Å². The molecule has 0 saturated heterocycles. The summed E-state index contributed by atoms with van der Waals surface area (Å²) in [7, 11) is 0. The van der Waals surface area contributed by atoms with E-state index in [0.717, 1.165) is 22.6 Å². The lowest BCUT2D eigenvalue weighted by Crippen LogP contribution is -2.05. The van der Waals surface area contributed by atoms with Crippen LogP contribution in [0, 0.1) is 0 Å². The van der Waals surface area contributed by atoms with E-state index < -0.39 is 6.10 Å². The summed E-state index contributed by atoms with van der Waals surface area (Å²) in [6.07, 6.45) is 1.28. The van der Waals surface area contributed by atoms with Crippen LogP contribution in [0.1, 0.15) is 40.2 Å². The molecule has 0 amide bonds. The molecule has 2 atom stereocenters. The largest absolute Gasteiger partial charge is 0.382 e. The number of hydrogen-bond acceptors (Lipinski definition) is 1. The van der Waals surface area contributed by atoms with E-state index in [1.165, 1.54) is 5.56 Å². The number of hydrogen-bond donors (Lipinski definition) is 3. The summed E-state index contributed by atoms with van der Waals surface area (Å²) in [5.74, 6) is 0.0768. The molecule has 0 aliphatic rings. The third kappa shape index (κ3) is 3.14. The minimum Gasteiger partial charge on any atom is -0.382 e. The van der Waals surface area contributed by atoms with Crippen LogP contribution < -0.4 is 0 Å². The average Bonchev–Trinajstić information content (AvgIpc) is 3.36. The number of aromatic nitrogens is 2. The summed E-state index contributed by atoms with van der Waals surface area (Å²) in [6.45, 7) is 0. The van der Waals surface area contributed by atoms with Crippen LogP contribution in [0.25, 0.3) is 0 Å². The van der Waals surface area contributed by atoms with Crippen LogP contribution in [0.15, 0.2) is 91.1 Å². The maximum atomic E-state index is 10.6. The van der Waals surface area contributed by atoms with E-state index in [1.807, 2.05) is 66.9 Å². The summed E-state index contributed by atoms with van der Waals surface area (Å²) in [5, 5.41) is 10.6. The predicted molar refractivity (Wildman–Crippen MR) is 99.5 cm³/mol. The number of rotatable bonds is 5. The van der Waals surface area contributed by atoms with Crippen LogP contribution in [-0.2, 0) is 0 Å². The fourth-order valence-electron chi connectivity index (χ4n) is 3.27. The number of benzene rings is 2. The van der Waals surface area contributed by atoms with Gasteiger partial charge in [-0.2, -0.15) is 0 Å². The highest BCUT2D eigenvalue weighted by Gasteiger charge is 2.21. The summed E-state index contributed by atoms with van der Waals surface area (Å²) >= 11 is 0. The first-order chi connectivity index (χ1) is 12.3. The molecule has 0 radical (unpaired) electrons. The maximum absolute atomic E-state index is 10.6. The lowest BCUT2D eigenvalue weighted by Gasteiger charge is -2.16. The van der Waals surface area contributed by atoms with Gasteiger partial charge in [0.2, 0.25) is 0 Å². The quantitative estimate of drug-likeness (QED) is 0.492. The molecule has 4 rings (SSSR count). The Morgan fingerprint density at radius 1 is 0.600 bits per heavy atom. The normalized spacial score (nSPS) is 13.5. The lowest BCUT2D eigenvalue weighted by molar-refractivity contribution is 0.216. The molecule has 0 aliphatic carbocycles. The first-order valence-corrected chi connectivity index (χ1v) is 8.43. The molecule has 124 valence electrons. The van der Waals surface area contributed by atoms with E-state index in [1.54, 1.807) is 0 Å². The van der Waals surface area contributed by atoms with Crippen LogP contribution in [0.5, 0.6) is 0 Å². The standard InChI is InChI=1S/C22H20N2O/c25-22(17-10-5-2-6-11-17)20-14-13-19(24-20)21(18-12-7-15-23-18)16-8-3-1-4-9-16/h1-15,21-25H. The van der Waals surface area contributed by atoms with Crippen molar-refractivity contribution >= 4 is 0 Å². The van der Waals surface area contributed by atoms with E-state index in [4.69, 9.17) is 0 Å². The Balaban J connectivity index is 1.71. The molecule has 3 nitrogen and oxygen atoms in total. The van der Waals surface area contributed by atoms with Gasteiger partial charge in [0.15, 0.2) is 0 Å². The zero-order valence-electron chi connectivity index (χ0n) is 13.8. The fourth-order valence-corrected chi connectivity index (χ4v) is 3.27. The van der Waals surface area contributed by atoms with Gasteiger partial charge in [0.05, 0.1) is 5.92 Å². The highest BCUT2D eigenvalue weighted by molar-refractivity contribution is 5.39. The van der Waals surface area contributed by atoms with Crippen molar-refractivity contribution in [3.8, 4) is 0 Å². The van der Waals surface area contributed by atoms with E-state index in [9.17, 15) is 5.11 Å². The van der Waals surface area contributed by atoms with Crippen molar-refractivity contribution in [2.75, 3.05) is 0 Å². The van der Waals surface area contributed by atoms with Gasteiger partial charge >= 0.3 is 0 Å². The van der Waals surface area contributed by atoms with Crippen molar-refractivity contribution in [2.24, 2.45) is 0 Å². The fraction of sp³-hybridized carbons (Fsp3) is 0.0909. The molecular formula is C22H20N2O. The molecule has 0 bridgehead atoms. The van der Waals surface area contributed by atoms with Gasteiger partial charge in [-0.3, -0.25) is 0 Å². The molecule has 25 heavy (non-hydrogen) atoms. The molecule has 2 aromatic carbocycles. The highest BCUT2D eigenvalue weighted by atomic mass is 16.3. The van der Waals surface area contributed by atoms with Gasteiger partial charge in [-0.15, -0.1) is 0 Å². The minimum atomic E-state index is -0.657. The topological polar surface area (TPSA) is 51.8 Å². The van der Waals surface area contributed by atoms with Gasteiger partial charge in [-0.1, -0.05) is 60.7 Å². The lowest BCUT2D eigenvalue weighted by atomic mass is 9.93. The second-order valence-corrected chi connectivity index (χ2v) is 6.15. The van der Waals surface area contributed by atoms with E-state index in [-0.39, 0.29) is 5.92 Å². The van der Waals surface area contributed by atoms with E-state index in [2.05, 4.69) is 34.2 Å². The Morgan fingerprint density at radius 2 is 1.24 bits per heavy atom. The Labute approximate surface area is 147 Å². The van der Waals surface area contributed by atoms with E-state index >= 15 is 0 Å². The van der Waals surface area contributed by atoms with Crippen LogP contribution >= 0.6 is 0 Å². The summed E-state index contributed by atoms with van der Waals surface area (Å²) in [6, 6.07) is 28.2. The summed E-state index contributed by atoms with van der Waals surface area (Å²) in [5.41, 5.74) is 5.06. The first kappa shape index (κ1) is 15.5. The van der Waals surface area contributed by atoms with Gasteiger partial charge in [-0.25, -0.2) is 0 Å². The van der Waals surface area contributed by atoms with Gasteiger partial charge in [0.25, 0.3) is 0 Å². The average molecular weight is 328 g/mol. The molecule has 0 aliphatic heterocycles. The smallest absolute Gasteiger partial charge is 0.119 e. The number of H-pyrrole nitrogens is 2. The molecule has 2 aromatic heterocycles. The van der Waals surface area contributed by atoms with Crippen molar-refractivity contribution in [1.29, 1.82) is 0 Å². The van der Waals surface area contributed by atoms with Crippen molar-refractivity contribution in [2.45, 2.75) is 12.0 Å². The molecule has 2 unspecified atom stereocenters. The number of aliphatic hydroxyl groups excluding tert-OH is 1. The first-order valence-electron chi connectivity index (χ1n) is 8.43. The van der Waals surface area contributed by atoms with Crippen LogP contribution in [0.3, 0.4) is 0 Å². The Kier molecular flexibility index (Phi) is 4.23. The SMILES string of the molecule is OC(c1ccccc1)c1ccc(C(c2ccccc2)c2ccc[nH]2)[nH]1. The Bertz CT molecular complexity index is 911. The second-order valence-electron chi connectivity index (χ2n) is 6.15. The number of aliphatic hydroxyl groups is 1. The molecule has 4 aromatic rings. The minimum absolute atomic E-state index is 0.0768. The number of aromatic amines is 2. The van der Waals surface area contributed by atoms with Gasteiger partial charge < -0.3 is 15.1 Å². The monoisotopic (exact) mass is 328 g/mol. The highest BCUT2D eigenvalue weighted by Crippen LogP contribution is 2.32. The molecule has 0 spiro atoms. The Morgan fingerprint density at radius 3 is 1.88 bits per heavy atom. The van der Waals surface area contributed by atoms with Crippen molar-refractivity contribution in [3.05, 3.63) is 119 Å². The second kappa shape index (κ2) is 6.83. The molecule has 3 N–H and O–H groups in total. The summed E-state index contributed by atoms with van der Waals surface area (Å²) in [4.78, 5) is 6.75.